The summed E-state index contributed by atoms with van der Waals surface area (Å²) in [5, 5.41) is 10.8. The molecule has 0 unspecified atom stereocenters. The largest absolute Gasteiger partial charge is 0.516 e. The van der Waals surface area contributed by atoms with Crippen molar-refractivity contribution in [1.82, 2.24) is 0 Å². The monoisotopic (exact) mass is 831 g/mol. The van der Waals surface area contributed by atoms with E-state index in [1.807, 2.05) is 0 Å². The van der Waals surface area contributed by atoms with E-state index in [1.54, 1.807) is 12.1 Å². The Morgan fingerprint density at radius 3 is 2.13 bits per heavy atom. The average Bonchev–Trinajstić information content (AvgIpc) is 3.57. The van der Waals surface area contributed by atoms with Crippen LogP contribution in [0.2, 0.25) is 0 Å². The molecule has 0 spiro atoms. The number of non-ortho nitro benzene ring substituents is 1. The van der Waals surface area contributed by atoms with Gasteiger partial charge in [-0.2, -0.15) is 0 Å². The van der Waals surface area contributed by atoms with E-state index in [4.69, 9.17) is 28.4 Å². The summed E-state index contributed by atoms with van der Waals surface area (Å²) in [6.45, 7) is 11.4. The van der Waals surface area contributed by atoms with Crippen LogP contribution in [-0.4, -0.2) is 42.1 Å². The number of nitro groups is 1. The molecule has 0 radical (unpaired) electrons. The van der Waals surface area contributed by atoms with Crippen LogP contribution < -0.4 is 9.47 Å². The molecule has 326 valence electrons. The Hall–Kier alpha value is -4.94. The number of nitrogens with zero attached hydrogens (tertiary/aromatic N) is 1. The SMILES string of the molecule is CC(C)CCC[C@@H](C)[C@H]1CC[C@H]2[C@@H]3CC=C4C[C@@H](OC(=O)CCC(=O)OCOC(=O)Oc5ccc(COC(=O)Oc6ccc([N+](=O)[O-])cc6)cc5)CC[C@]4(C)[C@H]3CC[C@]12C. The van der Waals surface area contributed by atoms with Crippen molar-refractivity contribution in [2.75, 3.05) is 6.79 Å². The number of nitro benzene ring substituents is 1. The molecule has 0 aliphatic heterocycles. The summed E-state index contributed by atoms with van der Waals surface area (Å²) in [6.07, 6.45) is 12.9. The van der Waals surface area contributed by atoms with Crippen LogP contribution in [0.1, 0.15) is 124 Å². The van der Waals surface area contributed by atoms with Gasteiger partial charge in [0, 0.05) is 18.6 Å². The Morgan fingerprint density at radius 2 is 1.45 bits per heavy atom. The minimum Gasteiger partial charge on any atom is -0.462 e. The molecule has 13 nitrogen and oxygen atoms in total. The Bertz CT molecular complexity index is 1870. The summed E-state index contributed by atoms with van der Waals surface area (Å²) in [7, 11) is 0. The third-order valence-corrected chi connectivity index (χ3v) is 14.2. The predicted molar refractivity (Wildman–Crippen MR) is 221 cm³/mol. The molecule has 4 aliphatic rings. The highest BCUT2D eigenvalue weighted by Crippen LogP contribution is 2.67. The van der Waals surface area contributed by atoms with Crippen LogP contribution in [0.25, 0.3) is 0 Å². The Balaban J connectivity index is 0.860. The zero-order chi connectivity index (χ0) is 43.0. The van der Waals surface area contributed by atoms with E-state index in [1.165, 1.54) is 86.9 Å². The lowest BCUT2D eigenvalue weighted by Crippen LogP contribution is -2.51. The van der Waals surface area contributed by atoms with E-state index in [0.717, 1.165) is 55.3 Å². The van der Waals surface area contributed by atoms with Crippen molar-refractivity contribution in [2.24, 2.45) is 46.3 Å². The van der Waals surface area contributed by atoms with E-state index < -0.39 is 36.0 Å². The van der Waals surface area contributed by atoms with Crippen LogP contribution in [-0.2, 0) is 35.1 Å². The number of rotatable bonds is 16. The fraction of sp³-hybridized carbons (Fsp3) is 0.617. The van der Waals surface area contributed by atoms with Gasteiger partial charge in [0.05, 0.1) is 17.8 Å². The van der Waals surface area contributed by atoms with Crippen molar-refractivity contribution in [3.05, 3.63) is 75.9 Å². The third-order valence-electron chi connectivity index (χ3n) is 14.2. The number of esters is 2. The standard InChI is InChI=1S/C47H61NO12/c1-30(2)7-6-8-31(3)39-19-20-40-38-18-11-33-27-37(23-25-46(33,4)41(38)24-26-47(39,40)5)58-43(50)22-21-42(49)56-29-57-45(52)60-35-14-9-32(10-15-35)28-55-44(51)59-36-16-12-34(13-17-36)48(53)54/h9-17,30-31,37-41H,6-8,18-29H2,1-5H3/t31-,37+,38+,39-,40+,41+,46+,47-/m1/s1. The van der Waals surface area contributed by atoms with E-state index >= 15 is 0 Å². The molecule has 6 rings (SSSR count). The van der Waals surface area contributed by atoms with Crippen molar-refractivity contribution in [3.8, 4) is 11.5 Å². The number of hydrogen-bond donors (Lipinski definition) is 0. The number of allylic oxidation sites excluding steroid dienone is 1. The number of benzene rings is 2. The summed E-state index contributed by atoms with van der Waals surface area (Å²) < 4.78 is 30.8. The molecule has 60 heavy (non-hydrogen) atoms. The van der Waals surface area contributed by atoms with Gasteiger partial charge in [-0.25, -0.2) is 9.59 Å². The fourth-order valence-corrected chi connectivity index (χ4v) is 11.1. The van der Waals surface area contributed by atoms with Crippen molar-refractivity contribution in [2.45, 2.75) is 131 Å². The second-order valence-corrected chi connectivity index (χ2v) is 18.3. The molecule has 0 N–H and O–H groups in total. The summed E-state index contributed by atoms with van der Waals surface area (Å²) in [6, 6.07) is 10.9. The highest BCUT2D eigenvalue weighted by molar-refractivity contribution is 5.77. The molecule has 2 aromatic rings. The van der Waals surface area contributed by atoms with Gasteiger partial charge in [-0.15, -0.1) is 0 Å². The zero-order valence-corrected chi connectivity index (χ0v) is 35.7. The minimum absolute atomic E-state index is 0.0820. The number of fused-ring (bicyclic) bond motifs is 5. The predicted octanol–water partition coefficient (Wildman–Crippen LogP) is 11.1. The number of ether oxygens (including phenoxy) is 6. The lowest BCUT2D eigenvalue weighted by Gasteiger charge is -2.58. The number of hydrogen-bond acceptors (Lipinski definition) is 12. The zero-order valence-electron chi connectivity index (χ0n) is 35.7. The first-order chi connectivity index (χ1) is 28.6. The molecule has 0 amide bonds. The average molecular weight is 832 g/mol. The van der Waals surface area contributed by atoms with Crippen LogP contribution in [0.15, 0.2) is 60.2 Å². The molecular formula is C47H61NO12. The van der Waals surface area contributed by atoms with E-state index in [-0.39, 0.29) is 48.2 Å². The Labute approximate surface area is 353 Å². The highest BCUT2D eigenvalue weighted by atomic mass is 16.8. The van der Waals surface area contributed by atoms with Crippen molar-refractivity contribution >= 4 is 29.9 Å². The quantitative estimate of drug-likeness (QED) is 0.0299. The molecule has 8 atom stereocenters. The topological polar surface area (TPSA) is 167 Å². The first-order valence-corrected chi connectivity index (χ1v) is 21.7. The van der Waals surface area contributed by atoms with Gasteiger partial charge < -0.3 is 28.4 Å². The van der Waals surface area contributed by atoms with Gasteiger partial charge in [0.2, 0.25) is 6.79 Å². The van der Waals surface area contributed by atoms with Crippen LogP contribution >= 0.6 is 0 Å². The van der Waals surface area contributed by atoms with Gasteiger partial charge in [0.15, 0.2) is 0 Å². The van der Waals surface area contributed by atoms with E-state index in [2.05, 4.69) is 40.7 Å². The number of carbonyl (C=O) groups is 4. The molecule has 13 heteroatoms. The third kappa shape index (κ3) is 10.9. The minimum atomic E-state index is -1.11. The molecule has 2 aromatic carbocycles. The van der Waals surface area contributed by atoms with Crippen molar-refractivity contribution in [3.63, 3.8) is 0 Å². The van der Waals surface area contributed by atoms with Crippen molar-refractivity contribution < 1.29 is 52.5 Å². The molecule has 0 saturated heterocycles. The molecule has 0 bridgehead atoms. The summed E-state index contributed by atoms with van der Waals surface area (Å²) in [5.74, 6) is 3.66. The Kier molecular flexibility index (Phi) is 14.6. The van der Waals surface area contributed by atoms with Crippen LogP contribution in [0, 0.1) is 56.5 Å². The normalized spacial score (nSPS) is 27.2. The number of carbonyl (C=O) groups excluding carboxylic acids is 4. The molecule has 0 aromatic heterocycles. The first-order valence-electron chi connectivity index (χ1n) is 21.7. The summed E-state index contributed by atoms with van der Waals surface area (Å²) in [4.78, 5) is 59.4. The van der Waals surface area contributed by atoms with Crippen LogP contribution in [0.3, 0.4) is 0 Å². The van der Waals surface area contributed by atoms with E-state index in [0.29, 0.717) is 16.9 Å². The smallest absolute Gasteiger partial charge is 0.462 e. The van der Waals surface area contributed by atoms with Crippen molar-refractivity contribution in [1.29, 1.82) is 0 Å². The van der Waals surface area contributed by atoms with Gasteiger partial charge in [-0.3, -0.25) is 19.7 Å². The highest BCUT2D eigenvalue weighted by Gasteiger charge is 2.59. The lowest BCUT2D eigenvalue weighted by molar-refractivity contribution is -0.384. The summed E-state index contributed by atoms with van der Waals surface area (Å²) >= 11 is 0. The van der Waals surface area contributed by atoms with Gasteiger partial charge in [0.25, 0.3) is 5.69 Å². The molecule has 0 heterocycles. The maximum atomic E-state index is 12.8. The van der Waals surface area contributed by atoms with E-state index in [9.17, 15) is 29.3 Å². The second kappa shape index (κ2) is 19.6. The van der Waals surface area contributed by atoms with Crippen LogP contribution in [0.4, 0.5) is 15.3 Å². The summed E-state index contributed by atoms with van der Waals surface area (Å²) in [5.41, 5.74) is 2.45. The molecule has 3 saturated carbocycles. The van der Waals surface area contributed by atoms with Gasteiger partial charge in [0.1, 0.15) is 24.2 Å². The fourth-order valence-electron chi connectivity index (χ4n) is 11.1. The second-order valence-electron chi connectivity index (χ2n) is 18.3. The Morgan fingerprint density at radius 1 is 0.783 bits per heavy atom. The molecule has 3 fully saturated rings. The van der Waals surface area contributed by atoms with Gasteiger partial charge in [-0.05, 0) is 121 Å². The maximum Gasteiger partial charge on any atom is 0.516 e. The molecular weight excluding hydrogens is 771 g/mol. The van der Waals surface area contributed by atoms with Gasteiger partial charge in [-0.1, -0.05) is 77.7 Å². The van der Waals surface area contributed by atoms with Crippen LogP contribution in [0.5, 0.6) is 11.5 Å². The maximum absolute atomic E-state index is 12.8. The first kappa shape index (κ1) is 44.6. The molecule has 4 aliphatic carbocycles. The van der Waals surface area contributed by atoms with Gasteiger partial charge >= 0.3 is 24.2 Å². The lowest BCUT2D eigenvalue weighted by atomic mass is 9.47.